The summed E-state index contributed by atoms with van der Waals surface area (Å²) < 4.78 is 27.7. The van der Waals surface area contributed by atoms with Gasteiger partial charge in [-0.05, 0) is 17.7 Å². The third-order valence-electron chi connectivity index (χ3n) is 3.55. The molecule has 3 rings (SSSR count). The average Bonchev–Trinajstić information content (AvgIpc) is 3.15. The summed E-state index contributed by atoms with van der Waals surface area (Å²) in [6.07, 6.45) is 6.61. The number of benzene rings is 1. The van der Waals surface area contributed by atoms with Crippen molar-refractivity contribution in [1.82, 2.24) is 24.1 Å². The molecule has 2 heterocycles. The molecule has 0 aliphatic heterocycles. The van der Waals surface area contributed by atoms with Gasteiger partial charge in [-0.3, -0.25) is 4.98 Å². The van der Waals surface area contributed by atoms with E-state index >= 15 is 0 Å². The maximum Gasteiger partial charge on any atom is 0.242 e. The lowest BCUT2D eigenvalue weighted by atomic mass is 10.2. The zero-order chi connectivity index (χ0) is 17.9. The second-order valence-corrected chi connectivity index (χ2v) is 7.58. The molecule has 0 bridgehead atoms. The molecule has 9 heteroatoms. The highest BCUT2D eigenvalue weighted by atomic mass is 32.2. The van der Waals surface area contributed by atoms with Gasteiger partial charge in [0.25, 0.3) is 0 Å². The van der Waals surface area contributed by atoms with Gasteiger partial charge in [0.05, 0.1) is 17.3 Å². The molecule has 0 aliphatic rings. The molecule has 8 nitrogen and oxygen atoms in total. The topological polar surface area (TPSA) is 93.0 Å². The van der Waals surface area contributed by atoms with Crippen molar-refractivity contribution in [2.45, 2.75) is 11.4 Å². The summed E-state index contributed by atoms with van der Waals surface area (Å²) in [5.74, 6) is 1.11. The van der Waals surface area contributed by atoms with Gasteiger partial charge in [-0.25, -0.2) is 22.4 Å². The van der Waals surface area contributed by atoms with Crippen LogP contribution in [0.1, 0.15) is 5.56 Å². The minimum atomic E-state index is -3.51. The number of sulfonamides is 1. The Kier molecular flexibility index (Phi) is 4.77. The van der Waals surface area contributed by atoms with Crippen molar-refractivity contribution >= 4 is 15.8 Å². The Bertz CT molecular complexity index is 954. The molecular weight excluding hydrogens is 340 g/mol. The van der Waals surface area contributed by atoms with Crippen LogP contribution in [-0.2, 0) is 16.6 Å². The van der Waals surface area contributed by atoms with Crippen LogP contribution in [0, 0.1) is 0 Å². The molecular formula is C16H18N6O2S. The lowest BCUT2D eigenvalue weighted by Gasteiger charge is -2.15. The second-order valence-electron chi connectivity index (χ2n) is 5.46. The Morgan fingerprint density at radius 1 is 1.16 bits per heavy atom. The predicted molar refractivity (Wildman–Crippen MR) is 93.8 cm³/mol. The van der Waals surface area contributed by atoms with Crippen molar-refractivity contribution in [3.05, 3.63) is 60.7 Å². The summed E-state index contributed by atoms with van der Waals surface area (Å²) >= 11 is 0. The summed E-state index contributed by atoms with van der Waals surface area (Å²) in [4.78, 5) is 8.83. The van der Waals surface area contributed by atoms with E-state index in [9.17, 15) is 8.42 Å². The molecule has 0 unspecified atom stereocenters. The number of nitrogens with one attached hydrogen (secondary N) is 1. The highest BCUT2D eigenvalue weighted by Gasteiger charge is 2.20. The molecule has 25 heavy (non-hydrogen) atoms. The van der Waals surface area contributed by atoms with Gasteiger partial charge >= 0.3 is 0 Å². The monoisotopic (exact) mass is 358 g/mol. The highest BCUT2D eigenvalue weighted by Crippen LogP contribution is 2.19. The lowest BCUT2D eigenvalue weighted by Crippen LogP contribution is -2.23. The first-order chi connectivity index (χ1) is 12.0. The Balaban J connectivity index is 1.83. The van der Waals surface area contributed by atoms with E-state index in [0.29, 0.717) is 23.7 Å². The maximum absolute atomic E-state index is 12.4. The average molecular weight is 358 g/mol. The Labute approximate surface area is 146 Å². The van der Waals surface area contributed by atoms with Crippen molar-refractivity contribution in [1.29, 1.82) is 0 Å². The van der Waals surface area contributed by atoms with Gasteiger partial charge in [-0.15, -0.1) is 0 Å². The lowest BCUT2D eigenvalue weighted by molar-refractivity contribution is 0.520. The standard InChI is InChI=1S/C16H18N6O2S/c1-21(2)25(23,24)14-7-4-3-6-13(14)10-18-15-11-17-12-16(20-15)22-9-5-8-19-22/h3-9,11-12H,10H2,1-2H3,(H,18,20). The Morgan fingerprint density at radius 3 is 2.68 bits per heavy atom. The largest absolute Gasteiger partial charge is 0.365 e. The van der Waals surface area contributed by atoms with Crippen molar-refractivity contribution in [2.75, 3.05) is 19.4 Å². The molecule has 0 atom stereocenters. The Morgan fingerprint density at radius 2 is 1.96 bits per heavy atom. The van der Waals surface area contributed by atoms with Crippen LogP contribution in [0.25, 0.3) is 5.82 Å². The first kappa shape index (κ1) is 17.1. The second kappa shape index (κ2) is 6.99. The van der Waals surface area contributed by atoms with Crippen LogP contribution in [0.2, 0.25) is 0 Å². The third-order valence-corrected chi connectivity index (χ3v) is 5.47. The van der Waals surface area contributed by atoms with Crippen LogP contribution in [-0.4, -0.2) is 46.6 Å². The number of hydrogen-bond donors (Lipinski definition) is 1. The summed E-state index contributed by atoms with van der Waals surface area (Å²) in [6.45, 7) is 0.306. The van der Waals surface area contributed by atoms with Crippen LogP contribution >= 0.6 is 0 Å². The number of aromatic nitrogens is 4. The minimum Gasteiger partial charge on any atom is -0.365 e. The van der Waals surface area contributed by atoms with E-state index < -0.39 is 10.0 Å². The van der Waals surface area contributed by atoms with Gasteiger partial charge in [0, 0.05) is 33.0 Å². The van der Waals surface area contributed by atoms with Crippen molar-refractivity contribution in [3.8, 4) is 5.82 Å². The van der Waals surface area contributed by atoms with Crippen LogP contribution < -0.4 is 5.32 Å². The zero-order valence-corrected chi connectivity index (χ0v) is 14.7. The molecule has 2 aromatic heterocycles. The van der Waals surface area contributed by atoms with Crippen LogP contribution in [0.5, 0.6) is 0 Å². The number of nitrogens with zero attached hydrogens (tertiary/aromatic N) is 5. The van der Waals surface area contributed by atoms with Gasteiger partial charge in [0.1, 0.15) is 5.82 Å². The van der Waals surface area contributed by atoms with E-state index in [-0.39, 0.29) is 4.90 Å². The first-order valence-corrected chi connectivity index (χ1v) is 8.99. The van der Waals surface area contributed by atoms with Crippen molar-refractivity contribution in [3.63, 3.8) is 0 Å². The highest BCUT2D eigenvalue weighted by molar-refractivity contribution is 7.89. The molecule has 3 aromatic rings. The molecule has 130 valence electrons. The van der Waals surface area contributed by atoms with Crippen molar-refractivity contribution < 1.29 is 8.42 Å². The SMILES string of the molecule is CN(C)S(=O)(=O)c1ccccc1CNc1cncc(-n2cccn2)n1. The van der Waals surface area contributed by atoms with Gasteiger partial charge < -0.3 is 5.32 Å². The minimum absolute atomic E-state index is 0.267. The molecule has 0 fully saturated rings. The van der Waals surface area contributed by atoms with E-state index in [1.54, 1.807) is 59.8 Å². The maximum atomic E-state index is 12.4. The smallest absolute Gasteiger partial charge is 0.242 e. The van der Waals surface area contributed by atoms with Gasteiger partial charge in [0.2, 0.25) is 10.0 Å². The fourth-order valence-electron chi connectivity index (χ4n) is 2.24. The van der Waals surface area contributed by atoms with Crippen LogP contribution in [0.4, 0.5) is 5.82 Å². The summed E-state index contributed by atoms with van der Waals surface area (Å²) in [6, 6.07) is 8.67. The fraction of sp³-hybridized carbons (Fsp3) is 0.188. The molecule has 0 amide bonds. The summed E-state index contributed by atoms with van der Waals surface area (Å²) in [7, 11) is -0.487. The van der Waals surface area contributed by atoms with Gasteiger partial charge in [-0.1, -0.05) is 18.2 Å². The van der Waals surface area contributed by atoms with E-state index in [4.69, 9.17) is 0 Å². The first-order valence-electron chi connectivity index (χ1n) is 7.55. The molecule has 0 saturated carbocycles. The Hall–Kier alpha value is -2.78. The van der Waals surface area contributed by atoms with E-state index in [1.807, 2.05) is 0 Å². The predicted octanol–water partition coefficient (Wildman–Crippen LogP) is 1.52. The van der Waals surface area contributed by atoms with E-state index in [0.717, 1.165) is 0 Å². The van der Waals surface area contributed by atoms with E-state index in [1.165, 1.54) is 18.4 Å². The normalized spacial score (nSPS) is 11.6. The molecule has 0 radical (unpaired) electrons. The quantitative estimate of drug-likeness (QED) is 0.718. The van der Waals surface area contributed by atoms with Gasteiger partial charge in [-0.2, -0.15) is 5.10 Å². The molecule has 1 aromatic carbocycles. The van der Waals surface area contributed by atoms with Gasteiger partial charge in [0.15, 0.2) is 5.82 Å². The number of rotatable bonds is 6. The molecule has 0 saturated heterocycles. The number of hydrogen-bond acceptors (Lipinski definition) is 6. The fourth-order valence-corrected chi connectivity index (χ4v) is 3.36. The molecule has 0 aliphatic carbocycles. The number of anilines is 1. The van der Waals surface area contributed by atoms with Crippen LogP contribution in [0.15, 0.2) is 60.0 Å². The summed E-state index contributed by atoms with van der Waals surface area (Å²) in [5.41, 5.74) is 0.655. The third kappa shape index (κ3) is 3.67. The van der Waals surface area contributed by atoms with Crippen molar-refractivity contribution in [2.24, 2.45) is 0 Å². The molecule has 1 N–H and O–H groups in total. The molecule has 0 spiro atoms. The van der Waals surface area contributed by atoms with E-state index in [2.05, 4.69) is 20.4 Å². The van der Waals surface area contributed by atoms with Crippen LogP contribution in [0.3, 0.4) is 0 Å². The zero-order valence-electron chi connectivity index (χ0n) is 13.9. The summed E-state index contributed by atoms with van der Waals surface area (Å²) in [5, 5.41) is 7.23.